The summed E-state index contributed by atoms with van der Waals surface area (Å²) < 4.78 is 5.58. The highest BCUT2D eigenvalue weighted by Gasteiger charge is 2.06. The summed E-state index contributed by atoms with van der Waals surface area (Å²) >= 11 is 0. The van der Waals surface area contributed by atoms with Crippen LogP contribution in [0.15, 0.2) is 43.0 Å². The molecule has 0 radical (unpaired) electrons. The summed E-state index contributed by atoms with van der Waals surface area (Å²) in [5.74, 6) is 0.224. The van der Waals surface area contributed by atoms with Crippen LogP contribution in [0.25, 0.3) is 0 Å². The van der Waals surface area contributed by atoms with E-state index >= 15 is 0 Å². The van der Waals surface area contributed by atoms with Crippen LogP contribution in [-0.4, -0.2) is 18.3 Å². The highest BCUT2D eigenvalue weighted by molar-refractivity contribution is 5.13. The summed E-state index contributed by atoms with van der Waals surface area (Å²) in [5.41, 5.74) is 1.17. The van der Waals surface area contributed by atoms with Crippen molar-refractivity contribution in [3.05, 3.63) is 48.6 Å². The van der Waals surface area contributed by atoms with E-state index in [1.165, 1.54) is 5.56 Å². The SMILES string of the molecule is C=CCC[C@H](CO)COCc1ccccc1. The monoisotopic (exact) mass is 220 g/mol. The van der Waals surface area contributed by atoms with Crippen LogP contribution >= 0.6 is 0 Å². The van der Waals surface area contributed by atoms with Gasteiger partial charge in [-0.3, -0.25) is 0 Å². The van der Waals surface area contributed by atoms with E-state index in [0.29, 0.717) is 13.2 Å². The Morgan fingerprint density at radius 3 is 2.69 bits per heavy atom. The Morgan fingerprint density at radius 1 is 1.31 bits per heavy atom. The minimum Gasteiger partial charge on any atom is -0.396 e. The van der Waals surface area contributed by atoms with E-state index < -0.39 is 0 Å². The molecule has 0 fully saturated rings. The molecule has 0 aliphatic heterocycles. The number of ether oxygens (including phenoxy) is 1. The second-order valence-corrected chi connectivity index (χ2v) is 3.92. The van der Waals surface area contributed by atoms with Crippen LogP contribution in [0.3, 0.4) is 0 Å². The standard InChI is InChI=1S/C14H20O2/c1-2-3-7-14(10-15)12-16-11-13-8-5-4-6-9-13/h2,4-6,8-9,14-15H,1,3,7,10-12H2/t14-/m1/s1. The summed E-state index contributed by atoms with van der Waals surface area (Å²) in [7, 11) is 0. The van der Waals surface area contributed by atoms with Gasteiger partial charge >= 0.3 is 0 Å². The van der Waals surface area contributed by atoms with Crippen molar-refractivity contribution in [3.8, 4) is 0 Å². The van der Waals surface area contributed by atoms with Gasteiger partial charge in [0.2, 0.25) is 0 Å². The first-order valence-corrected chi connectivity index (χ1v) is 5.70. The summed E-state index contributed by atoms with van der Waals surface area (Å²) in [6, 6.07) is 10.1. The van der Waals surface area contributed by atoms with E-state index in [1.54, 1.807) is 0 Å². The molecule has 1 atom stereocenters. The number of hydrogen-bond donors (Lipinski definition) is 1. The molecular weight excluding hydrogens is 200 g/mol. The Labute approximate surface area is 97.6 Å². The lowest BCUT2D eigenvalue weighted by molar-refractivity contribution is 0.0600. The third-order valence-electron chi connectivity index (χ3n) is 2.50. The molecular formula is C14H20O2. The fourth-order valence-corrected chi connectivity index (χ4v) is 1.50. The molecule has 0 amide bonds. The number of hydrogen-bond acceptors (Lipinski definition) is 2. The Balaban J connectivity index is 2.20. The normalized spacial score (nSPS) is 12.3. The topological polar surface area (TPSA) is 29.5 Å². The van der Waals surface area contributed by atoms with Crippen molar-refractivity contribution in [2.45, 2.75) is 19.4 Å². The molecule has 2 nitrogen and oxygen atoms in total. The van der Waals surface area contributed by atoms with E-state index in [9.17, 15) is 0 Å². The van der Waals surface area contributed by atoms with Gasteiger partial charge in [0.25, 0.3) is 0 Å². The molecule has 1 rings (SSSR count). The van der Waals surface area contributed by atoms with E-state index in [0.717, 1.165) is 12.8 Å². The fourth-order valence-electron chi connectivity index (χ4n) is 1.50. The molecule has 1 aromatic carbocycles. The molecule has 0 heterocycles. The number of aliphatic hydroxyl groups is 1. The lowest BCUT2D eigenvalue weighted by Gasteiger charge is -2.13. The Kier molecular flexibility index (Phi) is 6.54. The molecule has 0 saturated heterocycles. The molecule has 88 valence electrons. The first-order chi connectivity index (χ1) is 7.86. The zero-order valence-corrected chi connectivity index (χ0v) is 9.64. The molecule has 0 aliphatic rings. The quantitative estimate of drug-likeness (QED) is 0.683. The van der Waals surface area contributed by atoms with Crippen molar-refractivity contribution in [3.63, 3.8) is 0 Å². The maximum atomic E-state index is 9.14. The van der Waals surface area contributed by atoms with Gasteiger partial charge in [0, 0.05) is 12.5 Å². The van der Waals surface area contributed by atoms with Crippen molar-refractivity contribution in [1.29, 1.82) is 0 Å². The van der Waals surface area contributed by atoms with Crippen LogP contribution in [0.1, 0.15) is 18.4 Å². The van der Waals surface area contributed by atoms with Gasteiger partial charge in [0.15, 0.2) is 0 Å². The van der Waals surface area contributed by atoms with Gasteiger partial charge in [-0.15, -0.1) is 6.58 Å². The third kappa shape index (κ3) is 5.10. The zero-order chi connectivity index (χ0) is 11.6. The highest BCUT2D eigenvalue weighted by Crippen LogP contribution is 2.08. The highest BCUT2D eigenvalue weighted by atomic mass is 16.5. The number of aliphatic hydroxyl groups excluding tert-OH is 1. The summed E-state index contributed by atoms with van der Waals surface area (Å²) in [6.07, 6.45) is 3.74. The average molecular weight is 220 g/mol. The molecule has 0 aromatic heterocycles. The van der Waals surface area contributed by atoms with Crippen LogP contribution in [0.4, 0.5) is 0 Å². The maximum absolute atomic E-state index is 9.14. The van der Waals surface area contributed by atoms with Crippen LogP contribution in [0, 0.1) is 5.92 Å². The zero-order valence-electron chi connectivity index (χ0n) is 9.64. The summed E-state index contributed by atoms with van der Waals surface area (Å²) in [6.45, 7) is 5.08. The smallest absolute Gasteiger partial charge is 0.0717 e. The molecule has 0 spiro atoms. The molecule has 0 bridgehead atoms. The summed E-state index contributed by atoms with van der Waals surface area (Å²) in [4.78, 5) is 0. The molecule has 0 aliphatic carbocycles. The lowest BCUT2D eigenvalue weighted by Crippen LogP contribution is -2.13. The van der Waals surface area contributed by atoms with Crippen molar-refractivity contribution < 1.29 is 9.84 Å². The average Bonchev–Trinajstić information content (AvgIpc) is 2.35. The van der Waals surface area contributed by atoms with Gasteiger partial charge in [0.1, 0.15) is 0 Å². The van der Waals surface area contributed by atoms with Gasteiger partial charge in [-0.25, -0.2) is 0 Å². The van der Waals surface area contributed by atoms with Crippen molar-refractivity contribution >= 4 is 0 Å². The molecule has 0 saturated carbocycles. The Morgan fingerprint density at radius 2 is 2.06 bits per heavy atom. The van der Waals surface area contributed by atoms with Crippen molar-refractivity contribution in [2.24, 2.45) is 5.92 Å². The van der Waals surface area contributed by atoms with Crippen molar-refractivity contribution in [2.75, 3.05) is 13.2 Å². The van der Waals surface area contributed by atoms with Crippen LogP contribution in [0.5, 0.6) is 0 Å². The van der Waals surface area contributed by atoms with E-state index in [1.807, 2.05) is 36.4 Å². The molecule has 1 N–H and O–H groups in total. The number of rotatable bonds is 8. The van der Waals surface area contributed by atoms with E-state index in [2.05, 4.69) is 6.58 Å². The molecule has 16 heavy (non-hydrogen) atoms. The minimum atomic E-state index is 0.183. The molecule has 2 heteroatoms. The second kappa shape index (κ2) is 8.08. The first kappa shape index (κ1) is 12.9. The third-order valence-corrected chi connectivity index (χ3v) is 2.50. The molecule has 1 aromatic rings. The second-order valence-electron chi connectivity index (χ2n) is 3.92. The van der Waals surface area contributed by atoms with Gasteiger partial charge in [-0.2, -0.15) is 0 Å². The van der Waals surface area contributed by atoms with Gasteiger partial charge in [-0.05, 0) is 18.4 Å². The first-order valence-electron chi connectivity index (χ1n) is 5.70. The Hall–Kier alpha value is -1.12. The van der Waals surface area contributed by atoms with Gasteiger partial charge < -0.3 is 9.84 Å². The van der Waals surface area contributed by atoms with E-state index in [-0.39, 0.29) is 12.5 Å². The molecule has 0 unspecified atom stereocenters. The predicted molar refractivity (Wildman–Crippen MR) is 66.1 cm³/mol. The lowest BCUT2D eigenvalue weighted by atomic mass is 10.1. The van der Waals surface area contributed by atoms with Crippen molar-refractivity contribution in [1.82, 2.24) is 0 Å². The van der Waals surface area contributed by atoms with Gasteiger partial charge in [-0.1, -0.05) is 36.4 Å². The van der Waals surface area contributed by atoms with Crippen LogP contribution in [0.2, 0.25) is 0 Å². The maximum Gasteiger partial charge on any atom is 0.0717 e. The van der Waals surface area contributed by atoms with Crippen LogP contribution < -0.4 is 0 Å². The van der Waals surface area contributed by atoms with Gasteiger partial charge in [0.05, 0.1) is 13.2 Å². The minimum absolute atomic E-state index is 0.183. The predicted octanol–water partition coefficient (Wildman–Crippen LogP) is 2.78. The number of allylic oxidation sites excluding steroid dienone is 1. The largest absolute Gasteiger partial charge is 0.396 e. The fraction of sp³-hybridized carbons (Fsp3) is 0.429. The summed E-state index contributed by atoms with van der Waals surface area (Å²) in [5, 5.41) is 9.14. The number of benzene rings is 1. The Bertz CT molecular complexity index is 282. The van der Waals surface area contributed by atoms with E-state index in [4.69, 9.17) is 9.84 Å². The van der Waals surface area contributed by atoms with Crippen LogP contribution in [-0.2, 0) is 11.3 Å².